The Kier molecular flexibility index (Phi) is 6.84. The Bertz CT molecular complexity index is 1350. The predicted molar refractivity (Wildman–Crippen MR) is 137 cm³/mol. The van der Waals surface area contributed by atoms with Crippen molar-refractivity contribution in [3.05, 3.63) is 71.3 Å². The van der Waals surface area contributed by atoms with E-state index in [1.165, 1.54) is 34.7 Å². The molecule has 3 amide bonds. The summed E-state index contributed by atoms with van der Waals surface area (Å²) < 4.78 is 10.2. The normalized spacial score (nSPS) is 23.2. The molecule has 1 heterocycles. The van der Waals surface area contributed by atoms with Gasteiger partial charge in [0.1, 0.15) is 0 Å². The molecule has 196 valence electrons. The molecule has 1 saturated carbocycles. The van der Waals surface area contributed by atoms with Gasteiger partial charge in [-0.2, -0.15) is 0 Å². The van der Waals surface area contributed by atoms with Gasteiger partial charge in [-0.25, -0.2) is 14.5 Å². The van der Waals surface area contributed by atoms with E-state index in [9.17, 15) is 24.0 Å². The second-order valence-corrected chi connectivity index (χ2v) is 9.87. The van der Waals surface area contributed by atoms with E-state index in [4.69, 9.17) is 9.47 Å². The summed E-state index contributed by atoms with van der Waals surface area (Å²) in [5.41, 5.74) is 2.40. The first kappa shape index (κ1) is 25.4. The molecule has 1 saturated heterocycles. The molecule has 9 heteroatoms. The van der Waals surface area contributed by atoms with Gasteiger partial charge in [-0.1, -0.05) is 24.6 Å². The molecule has 2 aliphatic carbocycles. The average molecular weight is 517 g/mol. The number of hydrogen-bond donors (Lipinski definition) is 1. The number of carbonyl (C=O) groups is 5. The summed E-state index contributed by atoms with van der Waals surface area (Å²) >= 11 is 0. The van der Waals surface area contributed by atoms with Crippen LogP contribution in [0.25, 0.3) is 0 Å². The van der Waals surface area contributed by atoms with E-state index in [0.717, 1.165) is 12.8 Å². The van der Waals surface area contributed by atoms with Crippen LogP contribution in [0, 0.1) is 23.7 Å². The Labute approximate surface area is 219 Å². The lowest BCUT2D eigenvalue weighted by Gasteiger charge is -2.19. The van der Waals surface area contributed by atoms with Crippen LogP contribution in [0.2, 0.25) is 0 Å². The number of carbonyl (C=O) groups excluding carboxylic acids is 5. The highest BCUT2D eigenvalue weighted by Gasteiger charge is 2.60. The van der Waals surface area contributed by atoms with E-state index in [1.807, 2.05) is 13.8 Å². The number of fused-ring (bicyclic) bond motifs is 5. The first-order valence-electron chi connectivity index (χ1n) is 12.7. The van der Waals surface area contributed by atoms with Crippen LogP contribution in [-0.2, 0) is 23.9 Å². The number of anilines is 2. The third kappa shape index (κ3) is 4.60. The quantitative estimate of drug-likeness (QED) is 0.322. The van der Waals surface area contributed by atoms with Crippen molar-refractivity contribution in [2.75, 3.05) is 23.4 Å². The Morgan fingerprint density at radius 2 is 1.66 bits per heavy atom. The summed E-state index contributed by atoms with van der Waals surface area (Å²) in [6.45, 7) is 3.70. The van der Waals surface area contributed by atoms with Gasteiger partial charge in [0.15, 0.2) is 6.61 Å². The van der Waals surface area contributed by atoms with Gasteiger partial charge in [0, 0.05) is 5.69 Å². The third-order valence-electron chi connectivity index (χ3n) is 7.40. The number of amides is 3. The number of rotatable bonds is 8. The summed E-state index contributed by atoms with van der Waals surface area (Å²) in [5.74, 6) is -2.71. The fraction of sp³-hybridized carbons (Fsp3) is 0.345. The number of allylic oxidation sites excluding steroid dienone is 2. The van der Waals surface area contributed by atoms with E-state index in [-0.39, 0.29) is 41.0 Å². The number of hydrogen-bond acceptors (Lipinski definition) is 7. The van der Waals surface area contributed by atoms with Crippen molar-refractivity contribution in [3.8, 4) is 0 Å². The minimum atomic E-state index is -0.757. The summed E-state index contributed by atoms with van der Waals surface area (Å²) in [4.78, 5) is 64.3. The molecule has 38 heavy (non-hydrogen) atoms. The number of benzene rings is 2. The van der Waals surface area contributed by atoms with E-state index < -0.39 is 24.5 Å². The second-order valence-electron chi connectivity index (χ2n) is 9.87. The van der Waals surface area contributed by atoms with Gasteiger partial charge in [-0.05, 0) is 74.1 Å². The Morgan fingerprint density at radius 3 is 2.39 bits per heavy atom. The fourth-order valence-corrected chi connectivity index (χ4v) is 5.68. The van der Waals surface area contributed by atoms with Crippen LogP contribution in [-0.4, -0.2) is 42.9 Å². The molecule has 9 nitrogen and oxygen atoms in total. The predicted octanol–water partition coefficient (Wildman–Crippen LogP) is 3.75. The van der Waals surface area contributed by atoms with Crippen LogP contribution in [0.5, 0.6) is 0 Å². The van der Waals surface area contributed by atoms with Crippen LogP contribution < -0.4 is 10.2 Å². The van der Waals surface area contributed by atoms with E-state index in [0.29, 0.717) is 23.5 Å². The number of nitrogens with one attached hydrogen (secondary N) is 1. The molecule has 5 rings (SSSR count). The van der Waals surface area contributed by atoms with Crippen molar-refractivity contribution in [2.45, 2.75) is 26.7 Å². The minimum absolute atomic E-state index is 0.0872. The van der Waals surface area contributed by atoms with Gasteiger partial charge >= 0.3 is 11.9 Å². The van der Waals surface area contributed by atoms with Crippen LogP contribution in [0.1, 0.15) is 47.4 Å². The van der Waals surface area contributed by atoms with Crippen molar-refractivity contribution in [2.24, 2.45) is 23.7 Å². The number of ether oxygens (including phenoxy) is 2. The van der Waals surface area contributed by atoms with Crippen LogP contribution >= 0.6 is 0 Å². The molecular weight excluding hydrogens is 488 g/mol. The van der Waals surface area contributed by atoms with E-state index in [1.54, 1.807) is 24.3 Å². The monoisotopic (exact) mass is 516 g/mol. The highest BCUT2D eigenvalue weighted by Crippen LogP contribution is 2.55. The van der Waals surface area contributed by atoms with Crippen molar-refractivity contribution in [1.82, 2.24) is 0 Å². The van der Waals surface area contributed by atoms with Gasteiger partial charge in [0.2, 0.25) is 11.8 Å². The topological polar surface area (TPSA) is 119 Å². The lowest BCUT2D eigenvalue weighted by atomic mass is 9.82. The molecule has 1 N–H and O–H groups in total. The molecule has 2 bridgehead atoms. The van der Waals surface area contributed by atoms with Gasteiger partial charge < -0.3 is 14.8 Å². The maximum atomic E-state index is 13.2. The molecule has 2 fully saturated rings. The molecule has 0 spiro atoms. The number of imide groups is 1. The Morgan fingerprint density at radius 1 is 0.947 bits per heavy atom. The van der Waals surface area contributed by atoms with Crippen molar-refractivity contribution in [1.29, 1.82) is 0 Å². The molecule has 2 aromatic rings. The molecule has 1 aliphatic heterocycles. The summed E-state index contributed by atoms with van der Waals surface area (Å²) in [5, 5.41) is 2.60. The van der Waals surface area contributed by atoms with Crippen molar-refractivity contribution < 1.29 is 33.4 Å². The zero-order chi connectivity index (χ0) is 27.0. The molecule has 0 aromatic heterocycles. The van der Waals surface area contributed by atoms with Gasteiger partial charge in [0.05, 0.1) is 35.3 Å². The van der Waals surface area contributed by atoms with Crippen molar-refractivity contribution >= 4 is 41.0 Å². The van der Waals surface area contributed by atoms with Gasteiger partial charge in [0.25, 0.3) is 5.91 Å². The fourth-order valence-electron chi connectivity index (χ4n) is 5.68. The molecule has 3 aliphatic rings. The summed E-state index contributed by atoms with van der Waals surface area (Å²) in [7, 11) is 0. The second kappa shape index (κ2) is 10.2. The number of nitrogens with zero attached hydrogens (tertiary/aromatic N) is 1. The van der Waals surface area contributed by atoms with Crippen LogP contribution in [0.4, 0.5) is 11.4 Å². The van der Waals surface area contributed by atoms with E-state index in [2.05, 4.69) is 11.4 Å². The average Bonchev–Trinajstić information content (AvgIpc) is 3.56. The molecule has 0 unspecified atom stereocenters. The Balaban J connectivity index is 1.18. The van der Waals surface area contributed by atoms with Crippen molar-refractivity contribution in [3.63, 3.8) is 0 Å². The Hall–Kier alpha value is -4.27. The maximum absolute atomic E-state index is 13.2. The van der Waals surface area contributed by atoms with Crippen LogP contribution in [0.3, 0.4) is 0 Å². The highest BCUT2D eigenvalue weighted by molar-refractivity contribution is 6.23. The lowest BCUT2D eigenvalue weighted by molar-refractivity contribution is -0.123. The van der Waals surface area contributed by atoms with Gasteiger partial charge in [-0.3, -0.25) is 14.4 Å². The SMILES string of the molecule is CCCOC(=O)c1ccc(NC(=O)COC(=O)c2cccc(N3C(=O)[C@H]4[C@H](C3=O)[C@H]3C=C(C)[C@H]4C3)c2)cc1. The first-order valence-corrected chi connectivity index (χ1v) is 12.7. The molecule has 0 radical (unpaired) electrons. The number of esters is 2. The highest BCUT2D eigenvalue weighted by atomic mass is 16.5. The van der Waals surface area contributed by atoms with Crippen LogP contribution in [0.15, 0.2) is 60.2 Å². The largest absolute Gasteiger partial charge is 0.462 e. The summed E-state index contributed by atoms with van der Waals surface area (Å²) in [6, 6.07) is 12.3. The standard InChI is InChI=1S/C29H28N2O7/c1-3-11-37-28(35)17-7-9-20(10-8-17)30-23(32)15-38-29(36)18-5-4-6-21(13-18)31-26(33)24-19-12-16(2)22(14-19)25(24)27(31)34/h4-10,12-13,19,22,24-25H,3,11,14-15H2,1-2H3,(H,30,32)/t19-,22+,24+,25+/m0/s1. The van der Waals surface area contributed by atoms with Gasteiger partial charge in [-0.15, -0.1) is 0 Å². The summed E-state index contributed by atoms with van der Waals surface area (Å²) in [6.07, 6.45) is 3.67. The first-order chi connectivity index (χ1) is 18.3. The zero-order valence-electron chi connectivity index (χ0n) is 21.1. The molecule has 4 atom stereocenters. The smallest absolute Gasteiger partial charge is 0.338 e. The lowest BCUT2D eigenvalue weighted by Crippen LogP contribution is -2.33. The third-order valence-corrected chi connectivity index (χ3v) is 7.40. The molecular formula is C29H28N2O7. The zero-order valence-corrected chi connectivity index (χ0v) is 21.1. The maximum Gasteiger partial charge on any atom is 0.338 e. The van der Waals surface area contributed by atoms with E-state index >= 15 is 0 Å². The minimum Gasteiger partial charge on any atom is -0.462 e. The molecule has 2 aromatic carbocycles.